The monoisotopic (exact) mass is 741 g/mol. The molecule has 0 aliphatic carbocycles. The Bertz CT molecular complexity index is 1250. The molecule has 0 saturated carbocycles. The van der Waals surface area contributed by atoms with Crippen molar-refractivity contribution in [3.8, 4) is 11.5 Å². The van der Waals surface area contributed by atoms with Gasteiger partial charge in [0.15, 0.2) is 0 Å². The van der Waals surface area contributed by atoms with Gasteiger partial charge in [0.2, 0.25) is 0 Å². The molecule has 2 heterocycles. The summed E-state index contributed by atoms with van der Waals surface area (Å²) >= 11 is 0. The predicted octanol–water partition coefficient (Wildman–Crippen LogP) is 1.90. The summed E-state index contributed by atoms with van der Waals surface area (Å²) < 4.78 is 21.4. The number of carbonyl (C=O) groups is 5. The fourth-order valence-corrected chi connectivity index (χ4v) is 5.59. The van der Waals surface area contributed by atoms with E-state index < -0.39 is 17.9 Å². The number of nitrogens with two attached hydrogens (primary N) is 1. The average molecular weight is 742 g/mol. The second-order valence-electron chi connectivity index (χ2n) is 15.1. The van der Waals surface area contributed by atoms with E-state index in [2.05, 4.69) is 5.32 Å². The van der Waals surface area contributed by atoms with Crippen molar-refractivity contribution < 1.29 is 72.5 Å². The molecule has 0 aromatic heterocycles. The Kier molecular flexibility index (Phi) is 22.7. The maximum atomic E-state index is 12.1. The van der Waals surface area contributed by atoms with E-state index in [1.54, 1.807) is 19.1 Å². The van der Waals surface area contributed by atoms with E-state index in [1.807, 2.05) is 64.6 Å². The first-order valence-electron chi connectivity index (χ1n) is 17.8. The predicted molar refractivity (Wildman–Crippen MR) is 199 cm³/mol. The van der Waals surface area contributed by atoms with E-state index in [1.165, 1.54) is 20.8 Å². The minimum Gasteiger partial charge on any atom is -0.497 e. The summed E-state index contributed by atoms with van der Waals surface area (Å²) in [5, 5.41) is 3.51. The number of likely N-dealkylation sites (tertiary alicyclic amines) is 2. The number of nitrogens with zero attached hydrogens (tertiary/aromatic N) is 2. The van der Waals surface area contributed by atoms with E-state index in [-0.39, 0.29) is 58.8 Å². The number of carbonyl (C=O) groups excluding carboxylic acids is 5. The third-order valence-electron chi connectivity index (χ3n) is 8.33. The van der Waals surface area contributed by atoms with Gasteiger partial charge in [-0.05, 0) is 119 Å². The van der Waals surface area contributed by atoms with Crippen molar-refractivity contribution in [3.63, 3.8) is 0 Å². The molecule has 2 aliphatic heterocycles. The van der Waals surface area contributed by atoms with Crippen LogP contribution >= 0.6 is 0 Å². The maximum absolute atomic E-state index is 12.1. The molecule has 0 spiro atoms. The zero-order valence-corrected chi connectivity index (χ0v) is 35.9. The molecule has 2 fully saturated rings. The Labute approximate surface area is 334 Å². The van der Waals surface area contributed by atoms with Crippen LogP contribution in [0, 0.1) is 11.8 Å². The summed E-state index contributed by atoms with van der Waals surface area (Å²) in [5.74, 6) is 2.76. The smallest absolute Gasteiger partial charge is 0.497 e. The number of amides is 2. The normalized spacial score (nSPS) is 15.2. The van der Waals surface area contributed by atoms with Crippen molar-refractivity contribution in [1.29, 1.82) is 0 Å². The first-order valence-corrected chi connectivity index (χ1v) is 17.8. The van der Waals surface area contributed by atoms with Gasteiger partial charge >= 0.3 is 41.7 Å². The number of hydrogen-bond acceptors (Lipinski definition) is 11. The molecular weight excluding hydrogens is 678 g/mol. The molecule has 3 rings (SSSR count). The van der Waals surface area contributed by atoms with Crippen LogP contribution in [0.2, 0.25) is 0 Å². The summed E-state index contributed by atoms with van der Waals surface area (Å²) in [5.41, 5.74) is 4.74. The van der Waals surface area contributed by atoms with Gasteiger partial charge in [0, 0.05) is 44.4 Å². The summed E-state index contributed by atoms with van der Waals surface area (Å²) in [7, 11) is 3.32. The number of rotatable bonds is 10. The van der Waals surface area contributed by atoms with Crippen LogP contribution in [0.1, 0.15) is 93.6 Å². The zero-order chi connectivity index (χ0) is 38.9. The van der Waals surface area contributed by atoms with Crippen LogP contribution < -0.4 is 50.1 Å². The van der Waals surface area contributed by atoms with Gasteiger partial charge in [0.1, 0.15) is 29.4 Å². The van der Waals surface area contributed by atoms with Crippen LogP contribution in [0.3, 0.4) is 0 Å². The van der Waals surface area contributed by atoms with Gasteiger partial charge < -0.3 is 54.2 Å². The molecule has 13 nitrogen and oxygen atoms in total. The minimum absolute atomic E-state index is 0. The largest absolute Gasteiger partial charge is 1.00 e. The van der Waals surface area contributed by atoms with Gasteiger partial charge in [-0.2, -0.15) is 0 Å². The number of benzene rings is 1. The SMILES string of the molecule is CC(=O)[B-](C(C)=O)C(C)=O.CC(C)(C)OC(=O)N1CCC(CN)CC1.COc1ccc(CNCC2CCN(C(=O)OC(C)(C)C)CC2)c(OC)c1.[Na+]. The van der Waals surface area contributed by atoms with E-state index in [0.29, 0.717) is 11.8 Å². The van der Waals surface area contributed by atoms with Crippen molar-refractivity contribution in [3.05, 3.63) is 23.8 Å². The minimum atomic E-state index is -1.03. The van der Waals surface area contributed by atoms with Crippen LogP contribution in [0.5, 0.6) is 11.5 Å². The molecule has 15 heteroatoms. The fraction of sp³-hybridized carbons (Fsp3) is 0.703. The number of ether oxygens (including phenoxy) is 4. The molecule has 2 aliphatic rings. The molecule has 1 radical (unpaired) electrons. The Morgan fingerprint density at radius 2 is 1.17 bits per heavy atom. The van der Waals surface area contributed by atoms with Gasteiger partial charge in [0.25, 0.3) is 0 Å². The van der Waals surface area contributed by atoms with Crippen molar-refractivity contribution >= 4 is 35.9 Å². The number of methoxy groups -OCH3 is 2. The summed E-state index contributed by atoms with van der Waals surface area (Å²) in [4.78, 5) is 59.1. The standard InChI is InChI=1S/C20H32N2O4.C11H22N2O2.C6H9BO3.Na/c1-20(2,3)26-19(23)22-10-8-15(9-11-22)13-21-14-16-6-7-17(24-4)12-18(16)25-5;1-11(2,3)15-10(14)13-6-4-9(8-12)5-7-13;1-4(8)7(5(2)9)6(3)10;/h6-7,12,15,21H,8-11,13-14H2,1-5H3;9H,4-8,12H2,1-3H3;1-3H3;/q;;-1;+1. The summed E-state index contributed by atoms with van der Waals surface area (Å²) in [6, 6.07) is 5.87. The number of nitrogens with one attached hydrogen (secondary N) is 1. The average Bonchev–Trinajstić information content (AvgIpc) is 3.03. The Morgan fingerprint density at radius 1 is 0.750 bits per heavy atom. The molecule has 0 bridgehead atoms. The summed E-state index contributed by atoms with van der Waals surface area (Å²) in [6.07, 6.45) is 3.58. The topological polar surface area (TPSA) is 167 Å². The Morgan fingerprint density at radius 3 is 1.50 bits per heavy atom. The third kappa shape index (κ3) is 19.4. The van der Waals surface area contributed by atoms with E-state index in [0.717, 1.165) is 88.6 Å². The van der Waals surface area contributed by atoms with Crippen molar-refractivity contribution in [2.45, 2.75) is 106 Å². The first-order chi connectivity index (χ1) is 23.7. The van der Waals surface area contributed by atoms with Crippen LogP contribution in [-0.2, 0) is 30.4 Å². The van der Waals surface area contributed by atoms with E-state index in [4.69, 9.17) is 24.7 Å². The Balaban J connectivity index is 0.000000846. The van der Waals surface area contributed by atoms with Gasteiger partial charge in [-0.1, -0.05) is 23.1 Å². The maximum Gasteiger partial charge on any atom is 1.00 e. The van der Waals surface area contributed by atoms with Gasteiger partial charge in [-0.25, -0.2) is 9.59 Å². The van der Waals surface area contributed by atoms with Crippen LogP contribution in [0.25, 0.3) is 0 Å². The molecule has 0 atom stereocenters. The zero-order valence-electron chi connectivity index (χ0n) is 33.9. The molecule has 289 valence electrons. The van der Waals surface area contributed by atoms with Gasteiger partial charge in [0.05, 0.1) is 14.2 Å². The quantitative estimate of drug-likeness (QED) is 0.337. The van der Waals surface area contributed by atoms with Crippen molar-refractivity contribution in [2.24, 2.45) is 17.6 Å². The molecule has 52 heavy (non-hydrogen) atoms. The Hall–Kier alpha value is -2.65. The summed E-state index contributed by atoms with van der Waals surface area (Å²) in [6.45, 7) is 19.5. The van der Waals surface area contributed by atoms with Crippen LogP contribution in [0.4, 0.5) is 9.59 Å². The molecular formula is C37H63BN4NaO9. The first kappa shape index (κ1) is 49.4. The molecule has 1 aromatic rings. The van der Waals surface area contributed by atoms with Crippen LogP contribution in [-0.4, -0.2) is 110 Å². The van der Waals surface area contributed by atoms with Crippen molar-refractivity contribution in [2.75, 3.05) is 53.5 Å². The van der Waals surface area contributed by atoms with Gasteiger partial charge in [-0.3, -0.25) is 0 Å². The second-order valence-corrected chi connectivity index (χ2v) is 15.1. The number of hydrogen-bond donors (Lipinski definition) is 2. The number of piperidine rings is 2. The van der Waals surface area contributed by atoms with E-state index in [9.17, 15) is 24.0 Å². The fourth-order valence-electron chi connectivity index (χ4n) is 5.59. The molecule has 2 amide bonds. The molecule has 0 unspecified atom stereocenters. The van der Waals surface area contributed by atoms with Crippen molar-refractivity contribution in [1.82, 2.24) is 15.1 Å². The van der Waals surface area contributed by atoms with Crippen LogP contribution in [0.15, 0.2) is 18.2 Å². The van der Waals surface area contributed by atoms with Gasteiger partial charge in [-0.15, -0.1) is 0 Å². The molecule has 1 aromatic carbocycles. The van der Waals surface area contributed by atoms with E-state index >= 15 is 0 Å². The molecule has 2 saturated heterocycles. The molecule has 3 N–H and O–H groups in total. The second kappa shape index (κ2) is 23.9. The third-order valence-corrected chi connectivity index (χ3v) is 8.33.